The molecule has 1 atom stereocenters. The van der Waals surface area contributed by atoms with Crippen LogP contribution >= 0.6 is 0 Å². The van der Waals surface area contributed by atoms with E-state index >= 15 is 0 Å². The molecule has 1 aliphatic rings. The number of carbonyl (C=O) groups is 2. The quantitative estimate of drug-likeness (QED) is 0.686. The summed E-state index contributed by atoms with van der Waals surface area (Å²) in [4.78, 5) is 23.5. The average molecular weight is 337 g/mol. The molecule has 0 bridgehead atoms. The zero-order chi connectivity index (χ0) is 17.9. The van der Waals surface area contributed by atoms with E-state index in [-0.39, 0.29) is 0 Å². The SMILES string of the molecule is C=CC(=O)OCC(=O)OC1(C)c2ccccc2CNc2ccccc21. The number of esters is 2. The summed E-state index contributed by atoms with van der Waals surface area (Å²) in [6.45, 7) is 5.33. The number of anilines is 1. The first-order chi connectivity index (χ1) is 12.0. The van der Waals surface area contributed by atoms with Gasteiger partial charge in [-0.2, -0.15) is 0 Å². The summed E-state index contributed by atoms with van der Waals surface area (Å²) in [6.07, 6.45) is 1.01. The van der Waals surface area contributed by atoms with Crippen molar-refractivity contribution in [2.24, 2.45) is 0 Å². The monoisotopic (exact) mass is 337 g/mol. The first-order valence-electron chi connectivity index (χ1n) is 7.97. The Morgan fingerprint density at radius 2 is 1.84 bits per heavy atom. The number of hydrogen-bond acceptors (Lipinski definition) is 5. The lowest BCUT2D eigenvalue weighted by Gasteiger charge is -2.31. The molecule has 1 N–H and O–H groups in total. The molecule has 25 heavy (non-hydrogen) atoms. The van der Waals surface area contributed by atoms with Crippen molar-refractivity contribution >= 4 is 17.6 Å². The third-order valence-electron chi connectivity index (χ3n) is 4.26. The number of fused-ring (bicyclic) bond motifs is 2. The third-order valence-corrected chi connectivity index (χ3v) is 4.26. The smallest absolute Gasteiger partial charge is 0.345 e. The maximum atomic E-state index is 12.3. The van der Waals surface area contributed by atoms with Gasteiger partial charge in [-0.15, -0.1) is 0 Å². The Labute approximate surface area is 146 Å². The van der Waals surface area contributed by atoms with Gasteiger partial charge in [-0.25, -0.2) is 9.59 Å². The van der Waals surface area contributed by atoms with Crippen molar-refractivity contribution in [2.45, 2.75) is 19.1 Å². The molecule has 0 saturated carbocycles. The number of hydrogen-bond donors (Lipinski definition) is 1. The van der Waals surface area contributed by atoms with Crippen LogP contribution in [0.25, 0.3) is 0 Å². The highest BCUT2D eigenvalue weighted by molar-refractivity contribution is 5.84. The van der Waals surface area contributed by atoms with Crippen LogP contribution in [0.4, 0.5) is 5.69 Å². The Hall–Kier alpha value is -3.08. The van der Waals surface area contributed by atoms with Crippen LogP contribution in [0, 0.1) is 0 Å². The topological polar surface area (TPSA) is 64.6 Å². The van der Waals surface area contributed by atoms with Crippen LogP contribution in [-0.2, 0) is 31.2 Å². The molecule has 0 amide bonds. The summed E-state index contributed by atoms with van der Waals surface area (Å²) in [5.74, 6) is -1.28. The van der Waals surface area contributed by atoms with Gasteiger partial charge in [0.25, 0.3) is 0 Å². The van der Waals surface area contributed by atoms with Crippen LogP contribution < -0.4 is 5.32 Å². The van der Waals surface area contributed by atoms with Crippen molar-refractivity contribution in [3.8, 4) is 0 Å². The predicted molar refractivity (Wildman–Crippen MR) is 93.9 cm³/mol. The standard InChI is InChI=1S/C20H19NO4/c1-3-18(22)24-13-19(23)25-20(2)15-9-5-4-8-14(15)12-21-17-11-7-6-10-16(17)20/h3-11,21H,1,12-13H2,2H3. The molecule has 0 fully saturated rings. The fraction of sp³-hybridized carbons (Fsp3) is 0.200. The second-order valence-corrected chi connectivity index (χ2v) is 5.88. The normalized spacial score (nSPS) is 18.0. The molecule has 1 heterocycles. The molecular formula is C20H19NO4. The summed E-state index contributed by atoms with van der Waals surface area (Å²) >= 11 is 0. The molecule has 5 heteroatoms. The first-order valence-corrected chi connectivity index (χ1v) is 7.97. The minimum absolute atomic E-state index is 0.460. The molecule has 1 aliphatic heterocycles. The number of nitrogens with one attached hydrogen (secondary N) is 1. The van der Waals surface area contributed by atoms with E-state index in [9.17, 15) is 9.59 Å². The van der Waals surface area contributed by atoms with Crippen LogP contribution in [0.5, 0.6) is 0 Å². The van der Waals surface area contributed by atoms with Crippen LogP contribution in [0.15, 0.2) is 61.2 Å². The second-order valence-electron chi connectivity index (χ2n) is 5.88. The molecule has 1 unspecified atom stereocenters. The minimum atomic E-state index is -0.992. The molecule has 3 rings (SSSR count). The lowest BCUT2D eigenvalue weighted by Crippen LogP contribution is -2.33. The van der Waals surface area contributed by atoms with Crippen LogP contribution in [0.3, 0.4) is 0 Å². The molecule has 5 nitrogen and oxygen atoms in total. The van der Waals surface area contributed by atoms with Gasteiger partial charge in [-0.3, -0.25) is 0 Å². The lowest BCUT2D eigenvalue weighted by molar-refractivity contribution is -0.165. The summed E-state index contributed by atoms with van der Waals surface area (Å²) in [6, 6.07) is 15.5. The van der Waals surface area contributed by atoms with Crippen LogP contribution in [0.2, 0.25) is 0 Å². The van der Waals surface area contributed by atoms with E-state index in [2.05, 4.69) is 11.9 Å². The van der Waals surface area contributed by atoms with E-state index in [4.69, 9.17) is 9.47 Å². The molecule has 0 saturated heterocycles. The van der Waals surface area contributed by atoms with E-state index < -0.39 is 24.1 Å². The highest BCUT2D eigenvalue weighted by atomic mass is 16.6. The summed E-state index contributed by atoms with van der Waals surface area (Å²) in [7, 11) is 0. The van der Waals surface area contributed by atoms with E-state index in [1.54, 1.807) is 0 Å². The second kappa shape index (κ2) is 6.81. The summed E-state index contributed by atoms with van der Waals surface area (Å²) < 4.78 is 10.6. The van der Waals surface area contributed by atoms with Crippen LogP contribution in [-0.4, -0.2) is 18.5 Å². The van der Waals surface area contributed by atoms with Gasteiger partial charge in [0.2, 0.25) is 0 Å². The van der Waals surface area contributed by atoms with Gasteiger partial charge in [0.1, 0.15) is 0 Å². The van der Waals surface area contributed by atoms with Crippen molar-refractivity contribution in [2.75, 3.05) is 11.9 Å². The molecule has 0 spiro atoms. The maximum absolute atomic E-state index is 12.3. The molecule has 0 aliphatic carbocycles. The van der Waals surface area contributed by atoms with Gasteiger partial charge in [0.05, 0.1) is 0 Å². The van der Waals surface area contributed by atoms with E-state index in [0.29, 0.717) is 6.54 Å². The number of ether oxygens (including phenoxy) is 2. The van der Waals surface area contributed by atoms with Crippen molar-refractivity contribution in [3.63, 3.8) is 0 Å². The predicted octanol–water partition coefficient (Wildman–Crippen LogP) is 3.15. The molecule has 2 aromatic rings. The Morgan fingerprint density at radius 3 is 2.60 bits per heavy atom. The zero-order valence-electron chi connectivity index (χ0n) is 14.0. The Morgan fingerprint density at radius 1 is 1.16 bits per heavy atom. The summed E-state index contributed by atoms with van der Waals surface area (Å²) in [5.41, 5.74) is 2.70. The lowest BCUT2D eigenvalue weighted by atomic mass is 9.85. The van der Waals surface area contributed by atoms with Gasteiger partial charge < -0.3 is 14.8 Å². The van der Waals surface area contributed by atoms with Gasteiger partial charge >= 0.3 is 11.9 Å². The number of carbonyl (C=O) groups excluding carboxylic acids is 2. The molecule has 128 valence electrons. The molecular weight excluding hydrogens is 318 g/mol. The minimum Gasteiger partial charge on any atom is -0.451 e. The van der Waals surface area contributed by atoms with Gasteiger partial charge in [-0.1, -0.05) is 49.0 Å². The van der Waals surface area contributed by atoms with E-state index in [1.807, 2.05) is 55.5 Å². The fourth-order valence-corrected chi connectivity index (χ4v) is 3.08. The van der Waals surface area contributed by atoms with E-state index in [0.717, 1.165) is 28.5 Å². The van der Waals surface area contributed by atoms with E-state index in [1.165, 1.54) is 0 Å². The Kier molecular flexibility index (Phi) is 4.57. The van der Waals surface area contributed by atoms with Crippen molar-refractivity contribution in [1.82, 2.24) is 0 Å². The number of para-hydroxylation sites is 1. The number of benzene rings is 2. The zero-order valence-corrected chi connectivity index (χ0v) is 14.0. The fourth-order valence-electron chi connectivity index (χ4n) is 3.08. The van der Waals surface area contributed by atoms with Gasteiger partial charge in [0, 0.05) is 29.4 Å². The molecule has 0 aromatic heterocycles. The largest absolute Gasteiger partial charge is 0.451 e. The Bertz CT molecular complexity index is 780. The van der Waals surface area contributed by atoms with Crippen molar-refractivity contribution < 1.29 is 19.1 Å². The highest BCUT2D eigenvalue weighted by Crippen LogP contribution is 2.41. The van der Waals surface area contributed by atoms with Crippen LogP contribution in [0.1, 0.15) is 23.6 Å². The Balaban J connectivity index is 1.99. The number of rotatable bonds is 4. The average Bonchev–Trinajstić information content (AvgIpc) is 2.76. The molecule has 2 aromatic carbocycles. The highest BCUT2D eigenvalue weighted by Gasteiger charge is 2.38. The van der Waals surface area contributed by atoms with Gasteiger partial charge in [-0.05, 0) is 18.6 Å². The van der Waals surface area contributed by atoms with Gasteiger partial charge in [0.15, 0.2) is 12.2 Å². The van der Waals surface area contributed by atoms with Crippen molar-refractivity contribution in [1.29, 1.82) is 0 Å². The van der Waals surface area contributed by atoms with Crippen molar-refractivity contribution in [3.05, 3.63) is 77.9 Å². The molecule has 0 radical (unpaired) electrons. The summed E-state index contributed by atoms with van der Waals surface area (Å²) in [5, 5.41) is 3.38. The third kappa shape index (κ3) is 3.26. The first kappa shape index (κ1) is 16.8. The maximum Gasteiger partial charge on any atom is 0.345 e.